The number of anilines is 2. The minimum atomic E-state index is -4.54. The Morgan fingerprint density at radius 3 is 2.14 bits per heavy atom. The van der Waals surface area contributed by atoms with Crippen molar-refractivity contribution in [2.75, 3.05) is 5.32 Å². The molecule has 0 fully saturated rings. The first-order chi connectivity index (χ1) is 13.3. The maximum atomic E-state index is 13.2. The van der Waals surface area contributed by atoms with Gasteiger partial charge in [-0.3, -0.25) is 0 Å². The lowest BCUT2D eigenvalue weighted by Crippen LogP contribution is -2.10. The maximum Gasteiger partial charge on any atom is 0.418 e. The molecule has 3 nitrogen and oxygen atoms in total. The first-order valence-electron chi connectivity index (χ1n) is 8.68. The Kier molecular flexibility index (Phi) is 5.68. The molecule has 0 aliphatic rings. The van der Waals surface area contributed by atoms with Crippen molar-refractivity contribution < 1.29 is 23.1 Å². The van der Waals surface area contributed by atoms with Crippen LogP contribution in [0.5, 0.6) is 0 Å². The molecule has 0 heterocycles. The van der Waals surface area contributed by atoms with E-state index >= 15 is 0 Å². The number of aromatic carboxylic acids is 1. The van der Waals surface area contributed by atoms with Crippen molar-refractivity contribution in [3.63, 3.8) is 0 Å². The van der Waals surface area contributed by atoms with Crippen LogP contribution in [0.3, 0.4) is 0 Å². The van der Waals surface area contributed by atoms with Crippen molar-refractivity contribution in [3.8, 4) is 0 Å². The molecule has 0 amide bonds. The van der Waals surface area contributed by atoms with Crippen LogP contribution in [-0.4, -0.2) is 11.1 Å². The Hall–Kier alpha value is -3.28. The average Bonchev–Trinajstić information content (AvgIpc) is 2.67. The van der Waals surface area contributed by atoms with E-state index in [0.29, 0.717) is 6.42 Å². The monoisotopic (exact) mass is 385 g/mol. The van der Waals surface area contributed by atoms with E-state index in [1.165, 1.54) is 24.3 Å². The molecule has 0 spiro atoms. The van der Waals surface area contributed by atoms with Crippen LogP contribution < -0.4 is 5.32 Å². The number of carboxylic acid groups (broad SMARTS) is 1. The molecule has 2 N–H and O–H groups in total. The summed E-state index contributed by atoms with van der Waals surface area (Å²) in [4.78, 5) is 11.5. The number of rotatable bonds is 6. The van der Waals surface area contributed by atoms with Crippen LogP contribution in [0.1, 0.15) is 27.0 Å². The number of benzene rings is 3. The van der Waals surface area contributed by atoms with Gasteiger partial charge in [-0.05, 0) is 48.2 Å². The molecule has 0 aliphatic heterocycles. The number of carbonyl (C=O) groups is 1. The zero-order valence-corrected chi connectivity index (χ0v) is 14.8. The van der Waals surface area contributed by atoms with Crippen LogP contribution in [0.2, 0.25) is 0 Å². The van der Waals surface area contributed by atoms with Gasteiger partial charge < -0.3 is 10.4 Å². The molecule has 144 valence electrons. The topological polar surface area (TPSA) is 49.3 Å². The van der Waals surface area contributed by atoms with E-state index in [-0.39, 0.29) is 16.9 Å². The highest BCUT2D eigenvalue weighted by atomic mass is 19.4. The van der Waals surface area contributed by atoms with Crippen LogP contribution >= 0.6 is 0 Å². The summed E-state index contributed by atoms with van der Waals surface area (Å²) in [5.74, 6) is -1.21. The third-order valence-electron chi connectivity index (χ3n) is 4.36. The highest BCUT2D eigenvalue weighted by Gasteiger charge is 2.33. The molecular formula is C22H18F3NO2. The number of nitrogens with one attached hydrogen (secondary N) is 1. The van der Waals surface area contributed by atoms with Gasteiger partial charge in [0, 0.05) is 0 Å². The predicted molar refractivity (Wildman–Crippen MR) is 102 cm³/mol. The third kappa shape index (κ3) is 4.71. The second-order valence-electron chi connectivity index (χ2n) is 6.34. The second-order valence-corrected chi connectivity index (χ2v) is 6.34. The lowest BCUT2D eigenvalue weighted by atomic mass is 10.0. The summed E-state index contributed by atoms with van der Waals surface area (Å²) in [7, 11) is 0. The van der Waals surface area contributed by atoms with Gasteiger partial charge in [0.25, 0.3) is 0 Å². The Labute approximate surface area is 160 Å². The molecule has 28 heavy (non-hydrogen) atoms. The summed E-state index contributed by atoms with van der Waals surface area (Å²) in [5, 5.41) is 12.1. The number of halogens is 3. The first kappa shape index (κ1) is 19.5. The fourth-order valence-corrected chi connectivity index (χ4v) is 2.95. The average molecular weight is 385 g/mol. The number of hydrogen-bond donors (Lipinski definition) is 2. The number of para-hydroxylation sites is 1. The highest BCUT2D eigenvalue weighted by Crippen LogP contribution is 2.36. The zero-order valence-electron chi connectivity index (χ0n) is 14.8. The van der Waals surface area contributed by atoms with Crippen molar-refractivity contribution >= 4 is 17.3 Å². The highest BCUT2D eigenvalue weighted by molar-refractivity contribution is 5.95. The molecule has 0 saturated heterocycles. The Balaban J connectivity index is 1.90. The summed E-state index contributed by atoms with van der Waals surface area (Å²) >= 11 is 0. The molecule has 3 aromatic carbocycles. The van der Waals surface area contributed by atoms with E-state index in [9.17, 15) is 23.1 Å². The smallest absolute Gasteiger partial charge is 0.418 e. The third-order valence-corrected chi connectivity index (χ3v) is 4.36. The van der Waals surface area contributed by atoms with Crippen molar-refractivity contribution in [1.82, 2.24) is 0 Å². The predicted octanol–water partition coefficient (Wildman–Crippen LogP) is 5.93. The van der Waals surface area contributed by atoms with Crippen LogP contribution in [0.4, 0.5) is 24.5 Å². The Morgan fingerprint density at radius 1 is 0.821 bits per heavy atom. The number of aryl methyl sites for hydroxylation is 2. The van der Waals surface area contributed by atoms with Gasteiger partial charge in [0.2, 0.25) is 0 Å². The van der Waals surface area contributed by atoms with Gasteiger partial charge in [0.05, 0.1) is 22.5 Å². The van der Waals surface area contributed by atoms with E-state index in [2.05, 4.69) is 5.32 Å². The van der Waals surface area contributed by atoms with Gasteiger partial charge in [-0.15, -0.1) is 0 Å². The van der Waals surface area contributed by atoms with Crippen LogP contribution in [0, 0.1) is 0 Å². The fraction of sp³-hybridized carbons (Fsp3) is 0.136. The maximum absolute atomic E-state index is 13.2. The van der Waals surface area contributed by atoms with Crippen molar-refractivity contribution in [2.45, 2.75) is 19.0 Å². The van der Waals surface area contributed by atoms with Crippen LogP contribution in [-0.2, 0) is 19.0 Å². The van der Waals surface area contributed by atoms with Gasteiger partial charge >= 0.3 is 12.1 Å². The van der Waals surface area contributed by atoms with E-state index in [0.717, 1.165) is 23.6 Å². The normalized spacial score (nSPS) is 11.2. The second kappa shape index (κ2) is 8.17. The molecule has 6 heteroatoms. The van der Waals surface area contributed by atoms with Crippen molar-refractivity contribution in [1.29, 1.82) is 0 Å². The summed E-state index contributed by atoms with van der Waals surface area (Å²) < 4.78 is 39.7. The van der Waals surface area contributed by atoms with E-state index in [1.807, 2.05) is 30.3 Å². The standard InChI is InChI=1S/C22H18F3NO2/c23-22(24,25)18-8-4-5-9-19(18)26-20-14-16(12-13-17(20)21(27)28)11-10-15-6-2-1-3-7-15/h1-9,12-14,26H,10-11H2,(H,27,28). The summed E-state index contributed by atoms with van der Waals surface area (Å²) in [6.07, 6.45) is -3.16. The quantitative estimate of drug-likeness (QED) is 0.553. The minimum Gasteiger partial charge on any atom is -0.478 e. The van der Waals surface area contributed by atoms with Gasteiger partial charge in [0.1, 0.15) is 0 Å². The summed E-state index contributed by atoms with van der Waals surface area (Å²) in [5.41, 5.74) is 0.983. The lowest BCUT2D eigenvalue weighted by molar-refractivity contribution is -0.136. The van der Waals surface area contributed by atoms with Gasteiger partial charge in [-0.25, -0.2) is 4.79 Å². The van der Waals surface area contributed by atoms with E-state index in [1.54, 1.807) is 12.1 Å². The molecule has 0 bridgehead atoms. The van der Waals surface area contributed by atoms with Crippen LogP contribution in [0.25, 0.3) is 0 Å². The van der Waals surface area contributed by atoms with E-state index < -0.39 is 17.7 Å². The molecular weight excluding hydrogens is 367 g/mol. The summed E-state index contributed by atoms with van der Waals surface area (Å²) in [6, 6.07) is 19.5. The Bertz CT molecular complexity index is 969. The molecule has 3 aromatic rings. The van der Waals surface area contributed by atoms with Gasteiger partial charge in [-0.2, -0.15) is 13.2 Å². The fourth-order valence-electron chi connectivity index (χ4n) is 2.95. The van der Waals surface area contributed by atoms with Gasteiger partial charge in [0.15, 0.2) is 0 Å². The molecule has 0 saturated carbocycles. The van der Waals surface area contributed by atoms with Crippen molar-refractivity contribution in [3.05, 3.63) is 95.1 Å². The number of carboxylic acids is 1. The SMILES string of the molecule is O=C(O)c1ccc(CCc2ccccc2)cc1Nc1ccccc1C(F)(F)F. The number of hydrogen-bond acceptors (Lipinski definition) is 2. The molecule has 0 aromatic heterocycles. The van der Waals surface area contributed by atoms with Crippen LogP contribution in [0.15, 0.2) is 72.8 Å². The van der Waals surface area contributed by atoms with Crippen molar-refractivity contribution in [2.24, 2.45) is 0 Å². The first-order valence-corrected chi connectivity index (χ1v) is 8.68. The molecule has 0 atom stereocenters. The summed E-state index contributed by atoms with van der Waals surface area (Å²) in [6.45, 7) is 0. The Morgan fingerprint density at radius 2 is 1.46 bits per heavy atom. The van der Waals surface area contributed by atoms with E-state index in [4.69, 9.17) is 0 Å². The molecule has 0 aliphatic carbocycles. The minimum absolute atomic E-state index is 0.0829. The molecule has 0 radical (unpaired) electrons. The van der Waals surface area contributed by atoms with Gasteiger partial charge in [-0.1, -0.05) is 48.5 Å². The lowest BCUT2D eigenvalue weighted by Gasteiger charge is -2.16. The largest absolute Gasteiger partial charge is 0.478 e. The molecule has 0 unspecified atom stereocenters. The zero-order chi connectivity index (χ0) is 20.1. The number of alkyl halides is 3. The molecule has 3 rings (SSSR count).